The lowest BCUT2D eigenvalue weighted by molar-refractivity contribution is 0.0606. The molecule has 0 aliphatic carbocycles. The van der Waals surface area contributed by atoms with Crippen molar-refractivity contribution in [2.75, 3.05) is 19.6 Å². The number of hydrogen-bond donors (Lipinski definition) is 2. The average Bonchev–Trinajstić information content (AvgIpc) is 3.47. The molecule has 2 bridgehead atoms. The predicted molar refractivity (Wildman–Crippen MR) is 123 cm³/mol. The van der Waals surface area contributed by atoms with E-state index in [-0.39, 0.29) is 16.8 Å². The number of rotatable bonds is 4. The number of hydrogen-bond acceptors (Lipinski definition) is 6. The van der Waals surface area contributed by atoms with Gasteiger partial charge in [0.05, 0.1) is 9.77 Å². The molecule has 1 amide bonds. The van der Waals surface area contributed by atoms with Crippen LogP contribution in [0.3, 0.4) is 0 Å². The van der Waals surface area contributed by atoms with E-state index in [0.717, 1.165) is 22.7 Å². The Labute approximate surface area is 191 Å². The molecule has 5 heterocycles. The molecule has 2 N–H and O–H groups in total. The zero-order chi connectivity index (χ0) is 22.7. The second-order valence-corrected chi connectivity index (χ2v) is 10.5. The number of furan rings is 1. The number of amides is 1. The van der Waals surface area contributed by atoms with Crippen molar-refractivity contribution in [1.82, 2.24) is 10.2 Å². The van der Waals surface area contributed by atoms with Crippen LogP contribution in [0.2, 0.25) is 0 Å². The van der Waals surface area contributed by atoms with Crippen molar-refractivity contribution in [3.8, 4) is 10.6 Å². The molecule has 3 fully saturated rings. The quantitative estimate of drug-likeness (QED) is 0.553. The van der Waals surface area contributed by atoms with Crippen LogP contribution in [0.5, 0.6) is 0 Å². The fourth-order valence-corrected chi connectivity index (χ4v) is 5.26. The van der Waals surface area contributed by atoms with Gasteiger partial charge in [-0.05, 0) is 74.5 Å². The van der Waals surface area contributed by atoms with E-state index in [0.29, 0.717) is 11.7 Å². The topological polar surface area (TPSA) is 99.8 Å². The van der Waals surface area contributed by atoms with E-state index in [2.05, 4.69) is 10.2 Å². The summed E-state index contributed by atoms with van der Waals surface area (Å²) in [5.41, 5.74) is 0.956. The van der Waals surface area contributed by atoms with Crippen LogP contribution in [0.4, 0.5) is 0 Å². The minimum absolute atomic E-state index is 0.0666. The van der Waals surface area contributed by atoms with E-state index < -0.39 is 10.1 Å². The first-order valence-electron chi connectivity index (χ1n) is 10.5. The van der Waals surface area contributed by atoms with Crippen LogP contribution >= 0.6 is 11.3 Å². The third-order valence-corrected chi connectivity index (χ3v) is 7.64. The van der Waals surface area contributed by atoms with Crippen molar-refractivity contribution in [2.45, 2.75) is 30.7 Å². The maximum absolute atomic E-state index is 12.4. The molecule has 0 radical (unpaired) electrons. The number of nitrogens with zero attached hydrogens (tertiary/aromatic N) is 1. The van der Waals surface area contributed by atoms with Crippen molar-refractivity contribution in [1.29, 1.82) is 0 Å². The number of nitrogens with one attached hydrogen (secondary N) is 1. The number of piperidine rings is 3. The van der Waals surface area contributed by atoms with Gasteiger partial charge in [-0.15, -0.1) is 11.3 Å². The highest BCUT2D eigenvalue weighted by Gasteiger charge is 2.35. The third-order valence-electron chi connectivity index (χ3n) is 5.89. The summed E-state index contributed by atoms with van der Waals surface area (Å²) < 4.78 is 35.2. The highest BCUT2D eigenvalue weighted by Crippen LogP contribution is 2.29. The van der Waals surface area contributed by atoms with Crippen LogP contribution in [0.1, 0.15) is 29.0 Å². The first-order chi connectivity index (χ1) is 15.3. The molecule has 6 rings (SSSR count). The summed E-state index contributed by atoms with van der Waals surface area (Å²) in [5.74, 6) is 1.72. The first-order valence-corrected chi connectivity index (χ1v) is 12.8. The van der Waals surface area contributed by atoms with Gasteiger partial charge in [-0.3, -0.25) is 9.35 Å². The Hall–Kier alpha value is -2.46. The predicted octanol–water partition coefficient (Wildman–Crippen LogP) is 4.07. The summed E-state index contributed by atoms with van der Waals surface area (Å²) in [6.07, 6.45) is 2.40. The summed E-state index contributed by atoms with van der Waals surface area (Å²) in [7, 11) is -4.02. The lowest BCUT2D eigenvalue weighted by atomic mass is 9.84. The fraction of sp³-hybridized carbons (Fsp3) is 0.348. The minimum atomic E-state index is -4.02. The highest BCUT2D eigenvalue weighted by molar-refractivity contribution is 7.85. The van der Waals surface area contributed by atoms with Crippen LogP contribution in [0.25, 0.3) is 10.6 Å². The monoisotopic (exact) mass is 474 g/mol. The normalized spacial score (nSPS) is 22.1. The molecule has 170 valence electrons. The Morgan fingerprint density at radius 2 is 1.84 bits per heavy atom. The van der Waals surface area contributed by atoms with Gasteiger partial charge in [-0.1, -0.05) is 23.8 Å². The lowest BCUT2D eigenvalue weighted by Gasteiger charge is -2.44. The highest BCUT2D eigenvalue weighted by atomic mass is 32.2. The Morgan fingerprint density at radius 3 is 2.41 bits per heavy atom. The van der Waals surface area contributed by atoms with Crippen LogP contribution < -0.4 is 5.32 Å². The number of carbonyl (C=O) groups excluding carboxylic acids is 1. The maximum atomic E-state index is 12.4. The van der Waals surface area contributed by atoms with E-state index in [1.807, 2.05) is 30.5 Å². The zero-order valence-electron chi connectivity index (χ0n) is 17.7. The first kappa shape index (κ1) is 22.7. The second-order valence-electron chi connectivity index (χ2n) is 8.15. The number of thiophene rings is 1. The number of aryl methyl sites for hydroxylation is 1. The Balaban J connectivity index is 0.000000189. The van der Waals surface area contributed by atoms with Crippen molar-refractivity contribution in [3.05, 3.63) is 65.2 Å². The molecule has 7 nitrogen and oxygen atoms in total. The molecule has 3 aliphatic heterocycles. The van der Waals surface area contributed by atoms with Crippen LogP contribution in [0, 0.1) is 12.8 Å². The summed E-state index contributed by atoms with van der Waals surface area (Å²) in [6, 6.07) is 13.9. The maximum Gasteiger partial charge on any atom is 0.294 e. The van der Waals surface area contributed by atoms with Crippen molar-refractivity contribution < 1.29 is 22.2 Å². The molecule has 0 spiro atoms. The van der Waals surface area contributed by atoms with Gasteiger partial charge in [-0.25, -0.2) is 0 Å². The summed E-state index contributed by atoms with van der Waals surface area (Å²) in [5, 5.41) is 5.16. The van der Waals surface area contributed by atoms with Crippen molar-refractivity contribution in [2.24, 2.45) is 5.92 Å². The molecule has 1 aromatic carbocycles. The van der Waals surface area contributed by atoms with Gasteiger partial charge >= 0.3 is 0 Å². The SMILES string of the molecule is Cc1ccc(S(=O)(=O)O)cc1.O=C(N[C@H]1CN2CCC1CC2)c1ccc(-c2cccs2)o1. The van der Waals surface area contributed by atoms with Crippen molar-refractivity contribution in [3.63, 3.8) is 0 Å². The molecule has 0 saturated carbocycles. The average molecular weight is 475 g/mol. The molecule has 3 aromatic rings. The van der Waals surface area contributed by atoms with Gasteiger partial charge in [0, 0.05) is 12.6 Å². The Morgan fingerprint density at radius 1 is 1.12 bits per heavy atom. The molecule has 32 heavy (non-hydrogen) atoms. The third kappa shape index (κ3) is 5.47. The van der Waals surface area contributed by atoms with E-state index >= 15 is 0 Å². The van der Waals surface area contributed by atoms with Crippen LogP contribution in [-0.2, 0) is 10.1 Å². The second kappa shape index (κ2) is 9.58. The summed E-state index contributed by atoms with van der Waals surface area (Å²) in [6.45, 7) is 5.18. The Bertz CT molecular complexity index is 1150. The van der Waals surface area contributed by atoms with Crippen LogP contribution in [-0.4, -0.2) is 49.5 Å². The number of carbonyl (C=O) groups is 1. The molecule has 2 aromatic heterocycles. The summed E-state index contributed by atoms with van der Waals surface area (Å²) >= 11 is 1.61. The molecule has 0 unspecified atom stereocenters. The molecular weight excluding hydrogens is 448 g/mol. The van der Waals surface area contributed by atoms with E-state index in [4.69, 9.17) is 8.97 Å². The van der Waals surface area contributed by atoms with Gasteiger partial charge in [0.15, 0.2) is 5.76 Å². The number of benzene rings is 1. The van der Waals surface area contributed by atoms with Gasteiger partial charge < -0.3 is 14.6 Å². The van der Waals surface area contributed by atoms with Crippen molar-refractivity contribution >= 4 is 27.4 Å². The van der Waals surface area contributed by atoms with E-state index in [9.17, 15) is 13.2 Å². The molecule has 3 saturated heterocycles. The molecular formula is C23H26N2O5S2. The Kier molecular flexibility index (Phi) is 6.80. The standard InChI is InChI=1S/C16H18N2O2S.C7H8O3S/c19-16(17-12-10-18-7-5-11(12)6-8-18)14-4-3-13(20-14)15-2-1-9-21-15;1-6-2-4-7(5-3-6)11(8,9)10/h1-4,9,11-12H,5-8,10H2,(H,17,19);2-5H,1H3,(H,8,9,10)/t12-;/m0./s1. The van der Waals surface area contributed by atoms with Gasteiger partial charge in [0.1, 0.15) is 5.76 Å². The zero-order valence-corrected chi connectivity index (χ0v) is 19.4. The smallest absolute Gasteiger partial charge is 0.294 e. The van der Waals surface area contributed by atoms with E-state index in [1.54, 1.807) is 29.5 Å². The summed E-state index contributed by atoms with van der Waals surface area (Å²) in [4.78, 5) is 15.8. The fourth-order valence-electron chi connectivity index (χ4n) is 4.09. The molecule has 9 heteroatoms. The largest absolute Gasteiger partial charge is 0.450 e. The molecule has 1 atom stereocenters. The lowest BCUT2D eigenvalue weighted by Crippen LogP contribution is -2.57. The van der Waals surface area contributed by atoms with Gasteiger partial charge in [0.25, 0.3) is 16.0 Å². The van der Waals surface area contributed by atoms with Gasteiger partial charge in [-0.2, -0.15) is 8.42 Å². The minimum Gasteiger partial charge on any atom is -0.450 e. The van der Waals surface area contributed by atoms with Crippen LogP contribution in [0.15, 0.2) is 63.2 Å². The molecule has 3 aliphatic rings. The number of fused-ring (bicyclic) bond motifs is 3. The van der Waals surface area contributed by atoms with E-state index in [1.165, 1.54) is 38.1 Å². The van der Waals surface area contributed by atoms with Gasteiger partial charge in [0.2, 0.25) is 0 Å².